The van der Waals surface area contributed by atoms with Crippen LogP contribution in [0, 0.1) is 11.8 Å². The number of nitrogens with two attached hydrogens (primary N) is 3. The molecule has 4 aliphatic rings. The zero-order valence-corrected chi connectivity index (χ0v) is 79.9. The Balaban J connectivity index is 0.000000299. The summed E-state index contributed by atoms with van der Waals surface area (Å²) >= 11 is 0. The van der Waals surface area contributed by atoms with Crippen molar-refractivity contribution in [1.82, 2.24) is 34.6 Å². The van der Waals surface area contributed by atoms with Crippen molar-refractivity contribution in [2.24, 2.45) is 21.7 Å². The largest absolute Gasteiger partial charge is 0.748 e. The van der Waals surface area contributed by atoms with Gasteiger partial charge in [0, 0.05) is 168 Å². The van der Waals surface area contributed by atoms with Crippen LogP contribution in [-0.2, 0) is 98.0 Å². The third-order valence-electron chi connectivity index (χ3n) is 19.6. The van der Waals surface area contributed by atoms with Gasteiger partial charge in [-0.3, -0.25) is 37.8 Å². The van der Waals surface area contributed by atoms with E-state index in [0.717, 1.165) is 82.0 Å². The van der Waals surface area contributed by atoms with Crippen molar-refractivity contribution in [2.45, 2.75) is 108 Å². The minimum atomic E-state index is -5.80. The number of carboxylic acid groups (broad SMARTS) is 2. The van der Waals surface area contributed by atoms with E-state index in [2.05, 4.69) is 82.7 Å². The number of carbonyl (C=O) groups is 6. The van der Waals surface area contributed by atoms with E-state index < -0.39 is 105 Å². The Morgan fingerprint density at radius 3 is 2.25 bits per heavy atom. The summed E-state index contributed by atoms with van der Waals surface area (Å²) in [6.45, 7) is 1.57. The summed E-state index contributed by atoms with van der Waals surface area (Å²) in [5.74, 6) is 6.65. The van der Waals surface area contributed by atoms with Crippen LogP contribution in [0.4, 0.5) is 11.5 Å². The lowest BCUT2D eigenvalue weighted by atomic mass is 9.86. The highest BCUT2D eigenvalue weighted by Gasteiger charge is 2.44. The summed E-state index contributed by atoms with van der Waals surface area (Å²) in [6.07, 6.45) is 4.29. The number of aliphatic carboxylic acids is 2. The first-order valence-corrected chi connectivity index (χ1v) is 54.1. The second kappa shape index (κ2) is 54.8. The fourth-order valence-electron chi connectivity index (χ4n) is 13.9. The Morgan fingerprint density at radius 1 is 0.813 bits per heavy atom. The van der Waals surface area contributed by atoms with Gasteiger partial charge in [-0.1, -0.05) is 89.5 Å². The molecule has 4 aromatic carbocycles. The standard InChI is InChI=1S/C43H53N3O11S4.C30H40N13O17P3.C5H11NO2S2/c1-44(17-6-12-32(47)13-7-22-58-59-23-16-41(48)49)43(50)34-15-3-2-14-33(34)42-35-26-30-10-4-18-45(20-8-24-60(51,52)53)37(30)28-39(35)57-40-29-38-31(27-36(40)42)11-5-19-46(38)21-9-25-61(54,55)56;31-6-8-36-30(45)19-3-1-5-21(11-19)55-16-25(40-42-34)54-10-9-53-15-24(44)35-7-2-4-20-13-43(29-27(20)28(32)37-17-38-29)26-12-22(56-18-39-41-33)23(58-26)14-57-62(49,50)60-63(51,52)59-61(46,47)48;6-2-4-10-9-3-1-5(7)8/h2-3,14-15,26-29H,4-13,16-25H2,1H3,(H2-,48,49,51,52,53,54,55,56);1,3,5,11,13,17,22-23,25-26H,6-10,12,14-16,18,31H2,(H,35,44)(H,36,45)(H,49,50)(H,51,52)(H2,32,37,38)(H2,46,47,48);1-4,6H2,(H,7,8)/t;22?,23-,25?,26-;/m.1./s1. The fraction of sp³-hybridized carbons (Fsp3) is 0.500. The molecule has 6 heterocycles. The minimum Gasteiger partial charge on any atom is -0.748 e. The molecule has 732 valence electrons. The molecule has 0 spiro atoms. The van der Waals surface area contributed by atoms with E-state index >= 15 is 0 Å². The van der Waals surface area contributed by atoms with Gasteiger partial charge in [-0.2, -0.15) is 17.0 Å². The van der Waals surface area contributed by atoms with Gasteiger partial charge < -0.3 is 105 Å². The predicted octanol–water partition coefficient (Wildman–Crippen LogP) is 6.50. The number of nitrogens with zero attached hydrogens (tertiary/aromatic N) is 12. The summed E-state index contributed by atoms with van der Waals surface area (Å²) in [5.41, 5.74) is 41.1. The summed E-state index contributed by atoms with van der Waals surface area (Å²) in [6, 6.07) is 21.9. The van der Waals surface area contributed by atoms with Crippen molar-refractivity contribution in [3.05, 3.63) is 156 Å². The van der Waals surface area contributed by atoms with Gasteiger partial charge in [-0.05, 0) is 97.1 Å². The average Bonchev–Trinajstić information content (AvgIpc) is 0.936. The number of Topliss-reactive ketones (excluding diaryl/α,β-unsaturated/α-hetero) is 1. The van der Waals surface area contributed by atoms with E-state index in [4.69, 9.17) is 81.2 Å². The first-order chi connectivity index (χ1) is 63.8. The number of nitrogen functional groups attached to an aromatic ring is 1. The molecule has 6 aromatic rings. The minimum absolute atomic E-state index is 0.0210. The van der Waals surface area contributed by atoms with Crippen LogP contribution in [0.3, 0.4) is 0 Å². The number of rotatable bonds is 53. The summed E-state index contributed by atoms with van der Waals surface area (Å²) in [5, 5.41) is 31.0. The number of phosphoric ester groups is 1. The van der Waals surface area contributed by atoms with Crippen molar-refractivity contribution in [3.8, 4) is 29.1 Å². The number of carbonyl (C=O) groups excluding carboxylic acids is 4. The number of azide groups is 2. The van der Waals surface area contributed by atoms with E-state index in [-0.39, 0.29) is 117 Å². The summed E-state index contributed by atoms with van der Waals surface area (Å²) in [7, 11) is -17.4. The number of aromatic nitrogens is 3. The molecule has 47 nitrogen and oxygen atoms in total. The number of carboxylic acids is 2. The number of hydrogen-bond acceptors (Lipinski definition) is 35. The monoisotopic (exact) mass is 2040 g/mol. The average molecular weight is 2050 g/mol. The van der Waals surface area contributed by atoms with Crippen LogP contribution in [0.25, 0.3) is 37.5 Å². The number of hydrogen-bond donors (Lipinski definition) is 12. The molecule has 3 amide bonds. The molecule has 1 fully saturated rings. The van der Waals surface area contributed by atoms with Gasteiger partial charge in [0.25, 0.3) is 21.9 Å². The van der Waals surface area contributed by atoms with E-state index in [9.17, 15) is 78.2 Å². The number of aryl methyl sites for hydroxylation is 2. The van der Waals surface area contributed by atoms with Crippen molar-refractivity contribution < 1.29 is 140 Å². The lowest BCUT2D eigenvalue weighted by Crippen LogP contribution is -2.40. The molecular weight excluding hydrogens is 1940 g/mol. The second-order valence-electron chi connectivity index (χ2n) is 29.5. The predicted molar refractivity (Wildman–Crippen MR) is 496 cm³/mol. The molecule has 10 rings (SSSR count). The van der Waals surface area contributed by atoms with Crippen molar-refractivity contribution in [2.75, 3.05) is 151 Å². The van der Waals surface area contributed by atoms with Crippen LogP contribution in [0.15, 0.2) is 95.5 Å². The molecule has 0 aliphatic carbocycles. The maximum absolute atomic E-state index is 14.4. The van der Waals surface area contributed by atoms with Crippen molar-refractivity contribution in [1.29, 1.82) is 0 Å². The van der Waals surface area contributed by atoms with Gasteiger partial charge in [-0.25, -0.2) is 36.7 Å². The number of anilines is 2. The molecule has 1 saturated heterocycles. The number of ketones is 1. The highest BCUT2D eigenvalue weighted by atomic mass is 33.1. The number of nitrogens with one attached hydrogen (secondary N) is 2. The molecule has 0 saturated carbocycles. The normalized spacial score (nSPS) is 16.1. The van der Waals surface area contributed by atoms with Crippen LogP contribution in [0.2, 0.25) is 0 Å². The van der Waals surface area contributed by atoms with Crippen molar-refractivity contribution in [3.63, 3.8) is 0 Å². The van der Waals surface area contributed by atoms with Crippen LogP contribution < -0.4 is 57.4 Å². The first kappa shape index (κ1) is 110. The Hall–Kier alpha value is -9.04. The van der Waals surface area contributed by atoms with Gasteiger partial charge >= 0.3 is 35.4 Å². The fourth-order valence-corrected chi connectivity index (χ4v) is 21.8. The molecule has 134 heavy (non-hydrogen) atoms. The Morgan fingerprint density at radius 2 is 1.54 bits per heavy atom. The van der Waals surface area contributed by atoms with E-state index in [1.165, 1.54) is 27.6 Å². The molecule has 4 aliphatic heterocycles. The topological polar surface area (TPSA) is 709 Å². The highest BCUT2D eigenvalue weighted by Crippen LogP contribution is 2.66. The molecule has 15 N–H and O–H groups in total. The molecule has 6 atom stereocenters. The van der Waals surface area contributed by atoms with Gasteiger partial charge in [-0.15, -0.1) is 0 Å². The zero-order valence-electron chi connectivity index (χ0n) is 72.3. The molecule has 56 heteroatoms. The van der Waals surface area contributed by atoms with Gasteiger partial charge in [0.05, 0.1) is 78.2 Å². The SMILES string of the molecule is CN(CCCC(=O)CCCSSCCC(=O)O)C(=O)c1ccccc1C1=c2cc3c(cc2Oc2cc4c(cc21)CCCN4CCCS(=O)(=O)O)=[N+](CCCS(=O)(=O)[O-])CCC3.NCCSSCCC(=O)O.[N-]=[N+]=NCOC1C[C@H](n2cc(C#CCNC(=O)COCCOC(COc3cccc(C(=O)NCCN)c3)N=[N+]=[N-])c3c(N)ncnc32)O[C@@H]1COP(=O)(O)OP(=O)(O)OP(=O)(O)O. The maximum Gasteiger partial charge on any atom is 0.490 e. The van der Waals surface area contributed by atoms with Crippen LogP contribution in [0.5, 0.6) is 17.2 Å². The van der Waals surface area contributed by atoms with E-state index in [0.29, 0.717) is 117 Å². The van der Waals surface area contributed by atoms with Crippen LogP contribution in [0.1, 0.15) is 125 Å². The summed E-state index contributed by atoms with van der Waals surface area (Å²) < 4.78 is 152. The summed E-state index contributed by atoms with van der Waals surface area (Å²) in [4.78, 5) is 127. The molecule has 2 aromatic heterocycles. The highest BCUT2D eigenvalue weighted by molar-refractivity contribution is 8.77. The third kappa shape index (κ3) is 37.5. The van der Waals surface area contributed by atoms with E-state index in [1.807, 2.05) is 36.4 Å². The number of phosphoric acid groups is 3. The smallest absolute Gasteiger partial charge is 0.490 e. The number of ether oxygens (including phenoxy) is 6. The second-order valence-corrected chi connectivity index (χ2v) is 42.4. The molecule has 0 radical (unpaired) electrons. The van der Waals surface area contributed by atoms with Gasteiger partial charge in [0.2, 0.25) is 11.3 Å². The Labute approximate surface area is 785 Å². The number of amides is 3. The van der Waals surface area contributed by atoms with Gasteiger partial charge in [0.1, 0.15) is 86.2 Å². The lowest BCUT2D eigenvalue weighted by molar-refractivity contribution is -0.137. The van der Waals surface area contributed by atoms with E-state index in [1.54, 1.807) is 62.5 Å². The van der Waals surface area contributed by atoms with Crippen LogP contribution >= 0.6 is 66.6 Å². The lowest BCUT2D eigenvalue weighted by Gasteiger charge is -2.33. The quantitative estimate of drug-likeness (QED) is 0.00223. The Kier molecular flexibility index (Phi) is 45.1. The first-order valence-electron chi connectivity index (χ1n) is 41.4. The van der Waals surface area contributed by atoms with Gasteiger partial charge in [0.15, 0.2) is 6.23 Å². The number of benzene rings is 4. The molecule has 0 bridgehead atoms. The molecule has 4 unspecified atom stereocenters. The Bertz CT molecular complexity index is 5810. The maximum atomic E-state index is 14.4. The van der Waals surface area contributed by atoms with Crippen LogP contribution in [-0.4, -0.2) is 269 Å². The third-order valence-corrected chi connectivity index (χ3v) is 29.9. The van der Waals surface area contributed by atoms with Crippen molar-refractivity contribution >= 4 is 150 Å². The zero-order chi connectivity index (χ0) is 97.6. The molecular formula is C78H104N17O30P3S6. The number of fused-ring (bicyclic) bond motifs is 5.